The van der Waals surface area contributed by atoms with Crippen molar-refractivity contribution in [2.45, 2.75) is 200 Å². The maximum atomic E-state index is 12.7. The minimum absolute atomic E-state index is 0.109. The van der Waals surface area contributed by atoms with Crippen LogP contribution in [0.25, 0.3) is 0 Å². The highest BCUT2D eigenvalue weighted by Crippen LogP contribution is 2.13. The van der Waals surface area contributed by atoms with Crippen molar-refractivity contribution in [1.29, 1.82) is 0 Å². The number of ether oxygens (including phenoxy) is 3. The maximum Gasteiger partial charge on any atom is 0.306 e. The van der Waals surface area contributed by atoms with Gasteiger partial charge in [-0.05, 0) is 89.9 Å². The highest BCUT2D eigenvalue weighted by atomic mass is 16.6. The van der Waals surface area contributed by atoms with Crippen molar-refractivity contribution in [2.24, 2.45) is 0 Å². The third-order valence-electron chi connectivity index (χ3n) is 9.33. The van der Waals surface area contributed by atoms with Crippen LogP contribution in [-0.4, -0.2) is 37.2 Å². The Bertz CT molecular complexity index is 1200. The molecular formula is C52H84O6. The molecule has 0 heterocycles. The molecule has 0 rings (SSSR count). The van der Waals surface area contributed by atoms with Crippen molar-refractivity contribution < 1.29 is 28.6 Å². The molecule has 0 aromatic rings. The molecule has 1 unspecified atom stereocenters. The predicted molar refractivity (Wildman–Crippen MR) is 247 cm³/mol. The van der Waals surface area contributed by atoms with Gasteiger partial charge in [-0.15, -0.1) is 0 Å². The van der Waals surface area contributed by atoms with Crippen molar-refractivity contribution in [3.63, 3.8) is 0 Å². The second-order valence-electron chi connectivity index (χ2n) is 14.9. The van der Waals surface area contributed by atoms with E-state index in [2.05, 4.69) is 118 Å². The van der Waals surface area contributed by atoms with Crippen molar-refractivity contribution in [3.05, 3.63) is 97.2 Å². The fourth-order valence-corrected chi connectivity index (χ4v) is 5.90. The zero-order valence-corrected chi connectivity index (χ0v) is 37.3. The fraction of sp³-hybridized carbons (Fsp3) is 0.635. The lowest BCUT2D eigenvalue weighted by Crippen LogP contribution is -2.30. The van der Waals surface area contributed by atoms with E-state index < -0.39 is 6.10 Å². The van der Waals surface area contributed by atoms with Crippen LogP contribution in [0.2, 0.25) is 0 Å². The smallest absolute Gasteiger partial charge is 0.306 e. The number of esters is 3. The van der Waals surface area contributed by atoms with Crippen LogP contribution in [0.1, 0.15) is 194 Å². The molecule has 0 N–H and O–H groups in total. The Morgan fingerprint density at radius 1 is 0.362 bits per heavy atom. The molecule has 0 radical (unpaired) electrons. The lowest BCUT2D eigenvalue weighted by Gasteiger charge is -2.18. The van der Waals surface area contributed by atoms with Crippen LogP contribution in [-0.2, 0) is 28.6 Å². The van der Waals surface area contributed by atoms with Gasteiger partial charge in [0.2, 0.25) is 0 Å². The Morgan fingerprint density at radius 3 is 1.10 bits per heavy atom. The number of hydrogen-bond donors (Lipinski definition) is 0. The topological polar surface area (TPSA) is 78.9 Å². The summed E-state index contributed by atoms with van der Waals surface area (Å²) in [5.74, 6) is -1.01. The molecular weight excluding hydrogens is 721 g/mol. The summed E-state index contributed by atoms with van der Waals surface area (Å²) in [6.45, 7) is 6.29. The molecule has 0 saturated heterocycles. The molecule has 0 aromatic carbocycles. The van der Waals surface area contributed by atoms with Gasteiger partial charge in [0.05, 0.1) is 0 Å². The lowest BCUT2D eigenvalue weighted by atomic mass is 10.1. The van der Waals surface area contributed by atoms with E-state index in [0.29, 0.717) is 19.3 Å². The number of carbonyl (C=O) groups excluding carboxylic acids is 3. The SMILES string of the molecule is CC/C=C\C/C=C\C/C=C\C/C=C\C/C=C\CCCCCC(=O)OCC(COC(=O)CCCCCCCCCCCC)OC(=O)CCC/C=C\C/C=C\C/C=C\CC. The molecule has 0 spiro atoms. The summed E-state index contributed by atoms with van der Waals surface area (Å²) in [6, 6.07) is 0. The van der Waals surface area contributed by atoms with E-state index in [-0.39, 0.29) is 37.5 Å². The van der Waals surface area contributed by atoms with Crippen molar-refractivity contribution >= 4 is 17.9 Å². The van der Waals surface area contributed by atoms with E-state index in [0.717, 1.165) is 103 Å². The number of hydrogen-bond acceptors (Lipinski definition) is 6. The molecule has 0 aliphatic carbocycles. The minimum Gasteiger partial charge on any atom is -0.462 e. The van der Waals surface area contributed by atoms with Crippen LogP contribution >= 0.6 is 0 Å². The normalized spacial score (nSPS) is 12.9. The molecule has 0 fully saturated rings. The predicted octanol–water partition coefficient (Wildman–Crippen LogP) is 15.0. The first-order chi connectivity index (χ1) is 28.5. The van der Waals surface area contributed by atoms with Gasteiger partial charge in [-0.3, -0.25) is 14.4 Å². The van der Waals surface area contributed by atoms with Crippen LogP contribution in [0.3, 0.4) is 0 Å². The van der Waals surface area contributed by atoms with Crippen molar-refractivity contribution in [2.75, 3.05) is 13.2 Å². The highest BCUT2D eigenvalue weighted by Gasteiger charge is 2.19. The second kappa shape index (κ2) is 46.0. The Labute approximate surface area is 356 Å². The molecule has 0 aliphatic heterocycles. The summed E-state index contributed by atoms with van der Waals surface area (Å²) in [4.78, 5) is 37.7. The minimum atomic E-state index is -0.814. The standard InChI is InChI=1S/C52H84O6/c1-4-7-10-13-16-19-22-23-24-25-26-27-28-29-31-33-36-39-42-45-51(54)57-48-49(47-56-50(53)44-41-38-35-32-21-18-15-12-9-6-3)58-52(55)46-43-40-37-34-30-20-17-14-11-8-5-2/h7-8,10-11,16-17,19-20,23-24,26-27,29,31,34,37,49H,4-6,9,12-15,18,21-22,25,28,30,32-33,35-36,38-48H2,1-3H3/b10-7-,11-8-,19-16-,20-17-,24-23-,27-26-,31-29-,37-34-. The molecule has 0 bridgehead atoms. The number of carbonyl (C=O) groups is 3. The Balaban J connectivity index is 4.46. The number of unbranched alkanes of at least 4 members (excludes halogenated alkanes) is 13. The largest absolute Gasteiger partial charge is 0.462 e. The van der Waals surface area contributed by atoms with Gasteiger partial charge in [-0.2, -0.15) is 0 Å². The van der Waals surface area contributed by atoms with Crippen LogP contribution in [0.4, 0.5) is 0 Å². The maximum absolute atomic E-state index is 12.7. The zero-order valence-electron chi connectivity index (χ0n) is 37.3. The monoisotopic (exact) mass is 805 g/mol. The number of allylic oxidation sites excluding steroid dienone is 16. The number of rotatable bonds is 40. The van der Waals surface area contributed by atoms with E-state index in [1.807, 2.05) is 0 Å². The van der Waals surface area contributed by atoms with E-state index in [4.69, 9.17) is 14.2 Å². The highest BCUT2D eigenvalue weighted by molar-refractivity contribution is 5.71. The van der Waals surface area contributed by atoms with Gasteiger partial charge in [0.15, 0.2) is 6.10 Å². The molecule has 0 amide bonds. The summed E-state index contributed by atoms with van der Waals surface area (Å²) in [5, 5.41) is 0. The van der Waals surface area contributed by atoms with Crippen molar-refractivity contribution in [1.82, 2.24) is 0 Å². The molecule has 0 saturated carbocycles. The first-order valence-electron chi connectivity index (χ1n) is 23.2. The quantitative estimate of drug-likeness (QED) is 0.0266. The van der Waals surface area contributed by atoms with Gasteiger partial charge < -0.3 is 14.2 Å². The summed E-state index contributed by atoms with van der Waals surface area (Å²) in [5.41, 5.74) is 0. The molecule has 6 nitrogen and oxygen atoms in total. The Kier molecular flexibility index (Phi) is 43.1. The second-order valence-corrected chi connectivity index (χ2v) is 14.9. The van der Waals surface area contributed by atoms with Crippen LogP contribution in [0.5, 0.6) is 0 Å². The van der Waals surface area contributed by atoms with E-state index in [1.54, 1.807) is 0 Å². The summed E-state index contributed by atoms with van der Waals surface area (Å²) < 4.78 is 16.6. The average Bonchev–Trinajstić information content (AvgIpc) is 3.22. The van der Waals surface area contributed by atoms with Gasteiger partial charge in [0.1, 0.15) is 13.2 Å². The van der Waals surface area contributed by atoms with Gasteiger partial charge in [-0.25, -0.2) is 0 Å². The molecule has 58 heavy (non-hydrogen) atoms. The van der Waals surface area contributed by atoms with Gasteiger partial charge >= 0.3 is 17.9 Å². The van der Waals surface area contributed by atoms with Crippen molar-refractivity contribution in [3.8, 4) is 0 Å². The Morgan fingerprint density at radius 2 is 0.690 bits per heavy atom. The summed E-state index contributed by atoms with van der Waals surface area (Å²) in [7, 11) is 0. The summed E-state index contributed by atoms with van der Waals surface area (Å²) >= 11 is 0. The van der Waals surface area contributed by atoms with E-state index >= 15 is 0 Å². The molecule has 6 heteroatoms. The van der Waals surface area contributed by atoms with E-state index in [9.17, 15) is 14.4 Å². The average molecular weight is 805 g/mol. The lowest BCUT2D eigenvalue weighted by molar-refractivity contribution is -0.167. The van der Waals surface area contributed by atoms with E-state index in [1.165, 1.54) is 44.9 Å². The first-order valence-corrected chi connectivity index (χ1v) is 23.2. The Hall–Kier alpha value is -3.67. The molecule has 0 aliphatic rings. The molecule has 0 aromatic heterocycles. The fourth-order valence-electron chi connectivity index (χ4n) is 5.90. The van der Waals surface area contributed by atoms with Crippen LogP contribution < -0.4 is 0 Å². The van der Waals surface area contributed by atoms with Gasteiger partial charge in [0, 0.05) is 19.3 Å². The third kappa shape index (κ3) is 43.5. The third-order valence-corrected chi connectivity index (χ3v) is 9.33. The van der Waals surface area contributed by atoms with Gasteiger partial charge in [-0.1, -0.05) is 182 Å². The van der Waals surface area contributed by atoms with Crippen LogP contribution in [0, 0.1) is 0 Å². The van der Waals surface area contributed by atoms with Crippen LogP contribution in [0.15, 0.2) is 97.2 Å². The molecule has 1 atom stereocenters. The van der Waals surface area contributed by atoms with Gasteiger partial charge in [0.25, 0.3) is 0 Å². The summed E-state index contributed by atoms with van der Waals surface area (Å²) in [6.07, 6.45) is 59.7. The zero-order chi connectivity index (χ0) is 42.3. The first kappa shape index (κ1) is 54.3. The molecule has 328 valence electrons.